The van der Waals surface area contributed by atoms with E-state index in [1.165, 1.54) is 6.42 Å². The van der Waals surface area contributed by atoms with Gasteiger partial charge in [0.1, 0.15) is 0 Å². The van der Waals surface area contributed by atoms with E-state index in [4.69, 9.17) is 5.73 Å². The van der Waals surface area contributed by atoms with Crippen LogP contribution < -0.4 is 5.73 Å². The molecule has 1 saturated heterocycles. The largest absolute Gasteiger partial charge is 0.342 e. The molecule has 1 aromatic heterocycles. The lowest BCUT2D eigenvalue weighted by Crippen LogP contribution is -2.33. The van der Waals surface area contributed by atoms with Crippen molar-refractivity contribution in [3.63, 3.8) is 0 Å². The van der Waals surface area contributed by atoms with E-state index in [2.05, 4.69) is 4.98 Å². The van der Waals surface area contributed by atoms with E-state index in [0.717, 1.165) is 36.7 Å². The zero-order chi connectivity index (χ0) is 14.7. The summed E-state index contributed by atoms with van der Waals surface area (Å²) in [7, 11) is 0. The fraction of sp³-hybridized carbons (Fsp3) is 0.625. The summed E-state index contributed by atoms with van der Waals surface area (Å²) in [6.45, 7) is 1.82. The minimum atomic E-state index is 0. The molecule has 2 heterocycles. The van der Waals surface area contributed by atoms with Gasteiger partial charge in [-0.2, -0.15) is 11.8 Å². The minimum Gasteiger partial charge on any atom is -0.342 e. The molecule has 23 heavy (non-hydrogen) atoms. The Kier molecular flexibility index (Phi) is 8.69. The minimum absolute atomic E-state index is 0. The number of carbonyl (C=O) groups excluding carboxylic acids is 1. The highest BCUT2D eigenvalue weighted by atomic mass is 35.5. The average molecular weight is 378 g/mol. The molecule has 2 fully saturated rings. The number of nitrogens with two attached hydrogens (primary N) is 1. The van der Waals surface area contributed by atoms with Crippen molar-refractivity contribution in [3.8, 4) is 0 Å². The molecule has 0 radical (unpaired) electrons. The lowest BCUT2D eigenvalue weighted by Gasteiger charge is -2.18. The summed E-state index contributed by atoms with van der Waals surface area (Å²) >= 11 is 1.78. The zero-order valence-corrected chi connectivity index (χ0v) is 15.5. The van der Waals surface area contributed by atoms with Gasteiger partial charge in [0.15, 0.2) is 0 Å². The van der Waals surface area contributed by atoms with Crippen molar-refractivity contribution < 1.29 is 4.79 Å². The van der Waals surface area contributed by atoms with Gasteiger partial charge in [-0.05, 0) is 36.8 Å². The molecule has 1 amide bonds. The number of thioether (sulfide) groups is 1. The van der Waals surface area contributed by atoms with Gasteiger partial charge in [-0.15, -0.1) is 24.8 Å². The molecule has 1 aliphatic carbocycles. The van der Waals surface area contributed by atoms with Gasteiger partial charge in [0.2, 0.25) is 5.91 Å². The first kappa shape index (κ1) is 20.6. The number of fused-ring (bicyclic) bond motifs is 1. The number of halogens is 2. The first-order valence-corrected chi connectivity index (χ1v) is 8.90. The number of nitrogens with zero attached hydrogens (tertiary/aromatic N) is 2. The first-order chi connectivity index (χ1) is 10.2. The number of pyridine rings is 1. The molecule has 3 atom stereocenters. The maximum atomic E-state index is 12.3. The van der Waals surface area contributed by atoms with Crippen molar-refractivity contribution in [3.05, 3.63) is 30.1 Å². The molecule has 2 aliphatic rings. The zero-order valence-electron chi connectivity index (χ0n) is 13.1. The monoisotopic (exact) mass is 377 g/mol. The van der Waals surface area contributed by atoms with E-state index < -0.39 is 0 Å². The summed E-state index contributed by atoms with van der Waals surface area (Å²) in [6, 6.07) is 6.26. The van der Waals surface area contributed by atoms with Crippen LogP contribution in [0.1, 0.15) is 25.0 Å². The number of hydrogen-bond donors (Lipinski definition) is 1. The van der Waals surface area contributed by atoms with E-state index in [0.29, 0.717) is 30.2 Å². The van der Waals surface area contributed by atoms with Gasteiger partial charge in [0.25, 0.3) is 0 Å². The fourth-order valence-electron chi connectivity index (χ4n) is 3.49. The normalized spacial score (nSPS) is 25.4. The maximum Gasteiger partial charge on any atom is 0.223 e. The van der Waals surface area contributed by atoms with Crippen molar-refractivity contribution in [1.29, 1.82) is 0 Å². The molecule has 1 aromatic rings. The van der Waals surface area contributed by atoms with Crippen LogP contribution in [0.3, 0.4) is 0 Å². The van der Waals surface area contributed by atoms with Crippen LogP contribution in [-0.4, -0.2) is 40.7 Å². The van der Waals surface area contributed by atoms with E-state index >= 15 is 0 Å². The Morgan fingerprint density at radius 3 is 2.83 bits per heavy atom. The Balaban J connectivity index is 0.00000132. The van der Waals surface area contributed by atoms with Crippen LogP contribution in [0.2, 0.25) is 0 Å². The maximum absolute atomic E-state index is 12.3. The Labute approximate surface area is 154 Å². The summed E-state index contributed by atoms with van der Waals surface area (Å²) in [5, 5.41) is 0. The van der Waals surface area contributed by atoms with Crippen molar-refractivity contribution in [2.45, 2.75) is 31.1 Å². The SMILES string of the molecule is Cl.Cl.NC1CCC2CN(C(=O)CCSCc3ccccn3)CC12. The van der Waals surface area contributed by atoms with Crippen molar-refractivity contribution >= 4 is 42.5 Å². The van der Waals surface area contributed by atoms with E-state index in [-0.39, 0.29) is 24.8 Å². The van der Waals surface area contributed by atoms with Gasteiger partial charge in [0, 0.05) is 43.3 Å². The molecule has 0 bridgehead atoms. The second-order valence-electron chi connectivity index (χ2n) is 6.09. The second kappa shape index (κ2) is 9.72. The van der Waals surface area contributed by atoms with Crippen molar-refractivity contribution in [2.75, 3.05) is 18.8 Å². The third-order valence-electron chi connectivity index (χ3n) is 4.70. The Hall–Kier alpha value is -0.490. The van der Waals surface area contributed by atoms with Crippen LogP contribution in [0.5, 0.6) is 0 Å². The summed E-state index contributed by atoms with van der Waals surface area (Å²) in [6.07, 6.45) is 4.78. The van der Waals surface area contributed by atoms with E-state index in [1.54, 1.807) is 11.8 Å². The number of carbonyl (C=O) groups is 1. The number of likely N-dealkylation sites (tertiary alicyclic amines) is 1. The summed E-state index contributed by atoms with van der Waals surface area (Å²) < 4.78 is 0. The predicted molar refractivity (Wildman–Crippen MR) is 100 cm³/mol. The molecule has 4 nitrogen and oxygen atoms in total. The molecule has 1 aliphatic heterocycles. The molecule has 1 saturated carbocycles. The summed E-state index contributed by atoms with van der Waals surface area (Å²) in [5.41, 5.74) is 7.20. The molecular formula is C16H25Cl2N3OS. The second-order valence-corrected chi connectivity index (χ2v) is 7.19. The van der Waals surface area contributed by atoms with Crippen LogP contribution in [0.4, 0.5) is 0 Å². The molecule has 7 heteroatoms. The van der Waals surface area contributed by atoms with Gasteiger partial charge in [0.05, 0.1) is 5.69 Å². The van der Waals surface area contributed by atoms with E-state index in [9.17, 15) is 4.79 Å². The Morgan fingerprint density at radius 1 is 1.30 bits per heavy atom. The first-order valence-electron chi connectivity index (χ1n) is 7.75. The summed E-state index contributed by atoms with van der Waals surface area (Å²) in [4.78, 5) is 18.6. The third kappa shape index (κ3) is 5.24. The molecule has 2 N–H and O–H groups in total. The van der Waals surface area contributed by atoms with Gasteiger partial charge in [-0.3, -0.25) is 9.78 Å². The van der Waals surface area contributed by atoms with Crippen LogP contribution in [0.25, 0.3) is 0 Å². The van der Waals surface area contributed by atoms with Crippen LogP contribution in [0, 0.1) is 11.8 Å². The van der Waals surface area contributed by atoms with Crippen LogP contribution in [-0.2, 0) is 10.5 Å². The number of hydrogen-bond acceptors (Lipinski definition) is 4. The molecule has 3 unspecified atom stereocenters. The lowest BCUT2D eigenvalue weighted by molar-refractivity contribution is -0.130. The molecule has 3 rings (SSSR count). The van der Waals surface area contributed by atoms with Crippen LogP contribution >= 0.6 is 36.6 Å². The van der Waals surface area contributed by atoms with Crippen LogP contribution in [0.15, 0.2) is 24.4 Å². The Morgan fingerprint density at radius 2 is 2.13 bits per heavy atom. The molecular weight excluding hydrogens is 353 g/mol. The third-order valence-corrected chi connectivity index (χ3v) is 5.69. The van der Waals surface area contributed by atoms with Gasteiger partial charge < -0.3 is 10.6 Å². The van der Waals surface area contributed by atoms with Gasteiger partial charge in [-0.25, -0.2) is 0 Å². The average Bonchev–Trinajstić information content (AvgIpc) is 3.07. The topological polar surface area (TPSA) is 59.2 Å². The highest BCUT2D eigenvalue weighted by molar-refractivity contribution is 7.98. The number of amides is 1. The fourth-order valence-corrected chi connectivity index (χ4v) is 4.33. The Bertz CT molecular complexity index is 491. The smallest absolute Gasteiger partial charge is 0.223 e. The standard InChI is InChI=1S/C16H23N3OS.2ClH/c17-15-5-4-12-9-19(10-14(12)15)16(20)6-8-21-11-13-3-1-2-7-18-13;;/h1-3,7,12,14-15H,4-6,8-11,17H2;2*1H. The lowest BCUT2D eigenvalue weighted by atomic mass is 9.98. The van der Waals surface area contributed by atoms with E-state index in [1.807, 2.05) is 29.3 Å². The highest BCUT2D eigenvalue weighted by Gasteiger charge is 2.42. The van der Waals surface area contributed by atoms with Crippen molar-refractivity contribution in [1.82, 2.24) is 9.88 Å². The number of aromatic nitrogens is 1. The highest BCUT2D eigenvalue weighted by Crippen LogP contribution is 2.37. The quantitative estimate of drug-likeness (QED) is 0.801. The molecule has 0 spiro atoms. The predicted octanol–water partition coefficient (Wildman–Crippen LogP) is 2.74. The number of rotatable bonds is 5. The summed E-state index contributed by atoms with van der Waals surface area (Å²) in [5.74, 6) is 3.25. The molecule has 130 valence electrons. The molecule has 0 aromatic carbocycles. The van der Waals surface area contributed by atoms with Gasteiger partial charge >= 0.3 is 0 Å². The van der Waals surface area contributed by atoms with Gasteiger partial charge in [-0.1, -0.05) is 6.07 Å². The van der Waals surface area contributed by atoms with Crippen molar-refractivity contribution in [2.24, 2.45) is 17.6 Å².